The van der Waals surface area contributed by atoms with Gasteiger partial charge in [0.2, 0.25) is 0 Å². The Morgan fingerprint density at radius 3 is 2.40 bits per heavy atom. The number of carbonyl (C=O) groups excluding carboxylic acids is 3. The normalized spacial score (nSPS) is 17.3. The topological polar surface area (TPSA) is 115 Å². The molecular weight excluding hydrogens is 577 g/mol. The number of hydrogen-bond acceptors (Lipinski definition) is 8. The molecule has 0 radical (unpaired) electrons. The van der Waals surface area contributed by atoms with E-state index in [-0.39, 0.29) is 42.3 Å². The van der Waals surface area contributed by atoms with Gasteiger partial charge in [0.1, 0.15) is 11.6 Å². The predicted molar refractivity (Wildman–Crippen MR) is 168 cm³/mol. The zero-order valence-electron chi connectivity index (χ0n) is 27.1. The summed E-state index contributed by atoms with van der Waals surface area (Å²) in [5, 5.41) is 7.33. The maximum Gasteiger partial charge on any atom is 0.340 e. The number of hydrogen-bond donors (Lipinski definition) is 1. The molecule has 0 bridgehead atoms. The minimum absolute atomic E-state index is 0.0672. The number of rotatable bonds is 11. The molecule has 1 aromatic carbocycles. The van der Waals surface area contributed by atoms with Crippen LogP contribution < -0.4 is 10.2 Å². The average Bonchev–Trinajstić information content (AvgIpc) is 3.76. The van der Waals surface area contributed by atoms with E-state index < -0.39 is 23.6 Å². The van der Waals surface area contributed by atoms with E-state index in [4.69, 9.17) is 14.5 Å². The molecule has 2 fully saturated rings. The van der Waals surface area contributed by atoms with Crippen LogP contribution in [-0.4, -0.2) is 64.1 Å². The fraction of sp³-hybridized carbons (Fsp3) is 0.559. The lowest BCUT2D eigenvalue weighted by Gasteiger charge is -2.42. The van der Waals surface area contributed by atoms with Gasteiger partial charge in [-0.05, 0) is 89.3 Å². The van der Waals surface area contributed by atoms with Crippen molar-refractivity contribution in [1.82, 2.24) is 19.9 Å². The fourth-order valence-corrected chi connectivity index (χ4v) is 6.21. The number of esters is 1. The largest absolute Gasteiger partial charge is 0.464 e. The molecule has 10 nitrogen and oxygen atoms in total. The molecule has 1 saturated carbocycles. The van der Waals surface area contributed by atoms with E-state index in [1.54, 1.807) is 29.6 Å². The molecule has 2 aromatic heterocycles. The quantitative estimate of drug-likeness (QED) is 0.292. The van der Waals surface area contributed by atoms with Crippen LogP contribution in [0.3, 0.4) is 0 Å². The van der Waals surface area contributed by atoms with Crippen molar-refractivity contribution >= 4 is 29.1 Å². The first-order valence-electron chi connectivity index (χ1n) is 15.8. The third kappa shape index (κ3) is 7.52. The van der Waals surface area contributed by atoms with Gasteiger partial charge in [-0.15, -0.1) is 0 Å². The number of piperidine rings is 1. The zero-order chi connectivity index (χ0) is 32.5. The van der Waals surface area contributed by atoms with Crippen LogP contribution in [0.5, 0.6) is 0 Å². The van der Waals surface area contributed by atoms with Gasteiger partial charge < -0.3 is 19.7 Å². The highest BCUT2D eigenvalue weighted by Crippen LogP contribution is 2.52. The van der Waals surface area contributed by atoms with Gasteiger partial charge in [0.05, 0.1) is 24.3 Å². The lowest BCUT2D eigenvalue weighted by Crippen LogP contribution is -2.42. The molecule has 1 saturated heterocycles. The van der Waals surface area contributed by atoms with Crippen molar-refractivity contribution in [1.29, 1.82) is 0 Å². The first-order valence-corrected chi connectivity index (χ1v) is 15.8. The number of aromatic nitrogens is 3. The Bertz CT molecular complexity index is 1570. The summed E-state index contributed by atoms with van der Waals surface area (Å²) in [6.07, 6.45) is 3.55. The van der Waals surface area contributed by atoms with E-state index in [0.717, 1.165) is 31.8 Å². The summed E-state index contributed by atoms with van der Waals surface area (Å²) in [5.41, 5.74) is 1.95. The Hall–Kier alpha value is -3.86. The second-order valence-electron chi connectivity index (χ2n) is 13.5. The second kappa shape index (κ2) is 12.9. The van der Waals surface area contributed by atoms with Crippen molar-refractivity contribution < 1.29 is 28.2 Å². The van der Waals surface area contributed by atoms with Crippen molar-refractivity contribution in [3.05, 3.63) is 58.7 Å². The number of benzene rings is 1. The molecule has 1 aliphatic carbocycles. The van der Waals surface area contributed by atoms with Crippen molar-refractivity contribution in [3.63, 3.8) is 0 Å². The minimum atomic E-state index is -1.06. The van der Waals surface area contributed by atoms with Crippen LogP contribution in [0.25, 0.3) is 5.65 Å². The second-order valence-corrected chi connectivity index (χ2v) is 13.5. The molecule has 11 heteroatoms. The number of halogens is 1. The predicted octanol–water partition coefficient (Wildman–Crippen LogP) is 5.15. The van der Waals surface area contributed by atoms with Crippen LogP contribution in [0, 0.1) is 24.1 Å². The van der Waals surface area contributed by atoms with Gasteiger partial charge >= 0.3 is 5.97 Å². The van der Waals surface area contributed by atoms with Crippen LogP contribution in [0.1, 0.15) is 93.7 Å². The molecule has 3 heterocycles. The molecule has 3 aromatic rings. The smallest absolute Gasteiger partial charge is 0.340 e. The van der Waals surface area contributed by atoms with E-state index in [1.807, 2.05) is 27.7 Å². The Balaban J connectivity index is 1.48. The minimum Gasteiger partial charge on any atom is -0.464 e. The number of nitrogens with one attached hydrogen (secondary N) is 1. The number of anilines is 1. The lowest BCUT2D eigenvalue weighted by atomic mass is 9.76. The van der Waals surface area contributed by atoms with Crippen LogP contribution >= 0.6 is 0 Å². The molecule has 0 unspecified atom stereocenters. The molecule has 45 heavy (non-hydrogen) atoms. The Kier molecular flexibility index (Phi) is 9.30. The number of aryl methyl sites for hydroxylation is 1. The monoisotopic (exact) mass is 621 g/mol. The lowest BCUT2D eigenvalue weighted by molar-refractivity contribution is -0.166. The summed E-state index contributed by atoms with van der Waals surface area (Å²) in [6.45, 7) is 13.1. The summed E-state index contributed by atoms with van der Waals surface area (Å²) in [4.78, 5) is 46.2. The van der Waals surface area contributed by atoms with Gasteiger partial charge in [0.25, 0.3) is 5.91 Å². The number of Topliss-reactive ketones (excluding diaryl/α,β-unsaturated/α-hetero) is 1. The van der Waals surface area contributed by atoms with Gasteiger partial charge in [-0.3, -0.25) is 9.59 Å². The molecule has 1 amide bonds. The van der Waals surface area contributed by atoms with E-state index >= 15 is 0 Å². The van der Waals surface area contributed by atoms with E-state index in [2.05, 4.69) is 22.2 Å². The van der Waals surface area contributed by atoms with Gasteiger partial charge in [0.15, 0.2) is 23.2 Å². The number of nitrogens with zero attached hydrogens (tertiary/aromatic N) is 4. The fourth-order valence-electron chi connectivity index (χ4n) is 6.21. The van der Waals surface area contributed by atoms with Gasteiger partial charge in [-0.25, -0.2) is 14.2 Å². The summed E-state index contributed by atoms with van der Waals surface area (Å²) < 4.78 is 26.7. The highest BCUT2D eigenvalue weighted by atomic mass is 19.1. The third-order valence-electron chi connectivity index (χ3n) is 8.80. The first-order chi connectivity index (χ1) is 21.3. The molecule has 242 valence electrons. The number of carbonyl (C=O) groups is 3. The number of amides is 1. The highest BCUT2D eigenvalue weighted by molar-refractivity contribution is 5.96. The summed E-state index contributed by atoms with van der Waals surface area (Å²) in [7, 11) is 0. The van der Waals surface area contributed by atoms with Crippen LogP contribution in [0.4, 0.5) is 10.2 Å². The Morgan fingerprint density at radius 1 is 1.13 bits per heavy atom. The SMILES string of the molecule is CCOC(=O)[C@@H](OC(C)(C)C)c1c(C)nc2cc(C(=O)NCC(=O)Cc3ccc(F)cc3)nn2c1N1CCC(C)(C2CC2)CC1. The van der Waals surface area contributed by atoms with Crippen LogP contribution in [0.15, 0.2) is 30.3 Å². The first kappa shape index (κ1) is 32.5. The molecule has 1 N–H and O–H groups in total. The standard InChI is InChI=1S/C34H44FN5O5/c1-7-44-32(43)29(45-33(3,4)5)28-21(2)37-27-19-26(30(42)36-20-25(41)18-22-8-12-24(35)13-9-22)38-40(27)31(28)39-16-14-34(6,15-17-39)23-10-11-23/h8-9,12-13,19,23,29H,7,10-11,14-18,20H2,1-6H3,(H,36,42)/t29-/m0/s1. The summed E-state index contributed by atoms with van der Waals surface area (Å²) in [5.74, 6) is -0.227. The Morgan fingerprint density at radius 2 is 1.80 bits per heavy atom. The number of fused-ring (bicyclic) bond motifs is 1. The maximum absolute atomic E-state index is 13.4. The average molecular weight is 622 g/mol. The Labute approximate surface area is 263 Å². The van der Waals surface area contributed by atoms with Crippen LogP contribution in [-0.2, 0) is 25.5 Å². The summed E-state index contributed by atoms with van der Waals surface area (Å²) in [6, 6.07) is 7.28. The van der Waals surface area contributed by atoms with Crippen molar-refractivity contribution in [2.45, 2.75) is 85.4 Å². The number of ketones is 1. The maximum atomic E-state index is 13.4. The summed E-state index contributed by atoms with van der Waals surface area (Å²) >= 11 is 0. The molecule has 2 aliphatic rings. The third-order valence-corrected chi connectivity index (χ3v) is 8.80. The van der Waals surface area contributed by atoms with Gasteiger partial charge in [-0.1, -0.05) is 19.1 Å². The molecule has 1 aliphatic heterocycles. The number of ether oxygens (including phenoxy) is 2. The molecule has 0 spiro atoms. The highest BCUT2D eigenvalue weighted by Gasteiger charge is 2.44. The molecular formula is C34H44FN5O5. The van der Waals surface area contributed by atoms with E-state index in [1.165, 1.54) is 25.0 Å². The van der Waals surface area contributed by atoms with Crippen molar-refractivity contribution in [2.24, 2.45) is 11.3 Å². The molecule has 1 atom stereocenters. The van der Waals surface area contributed by atoms with E-state index in [0.29, 0.717) is 28.3 Å². The van der Waals surface area contributed by atoms with E-state index in [9.17, 15) is 18.8 Å². The van der Waals surface area contributed by atoms with Crippen molar-refractivity contribution in [3.8, 4) is 0 Å². The van der Waals surface area contributed by atoms with Crippen molar-refractivity contribution in [2.75, 3.05) is 31.1 Å². The van der Waals surface area contributed by atoms with Gasteiger partial charge in [0, 0.05) is 31.3 Å². The van der Waals surface area contributed by atoms with Crippen LogP contribution in [0.2, 0.25) is 0 Å². The van der Waals surface area contributed by atoms with Gasteiger partial charge in [-0.2, -0.15) is 9.61 Å². The molecule has 5 rings (SSSR count). The zero-order valence-corrected chi connectivity index (χ0v) is 27.1.